The van der Waals surface area contributed by atoms with E-state index >= 15 is 0 Å². The Hall–Kier alpha value is -4.68. The van der Waals surface area contributed by atoms with Crippen molar-refractivity contribution in [1.82, 2.24) is 0 Å². The maximum atomic E-state index is 12.3. The van der Waals surface area contributed by atoms with E-state index in [4.69, 9.17) is 42.6 Å². The van der Waals surface area contributed by atoms with E-state index < -0.39 is 42.2 Å². The van der Waals surface area contributed by atoms with E-state index in [-0.39, 0.29) is 41.1 Å². The summed E-state index contributed by atoms with van der Waals surface area (Å²) in [6.45, 7) is 6.22. The highest BCUT2D eigenvalue weighted by Crippen LogP contribution is 2.45. The Bertz CT molecular complexity index is 1240. The summed E-state index contributed by atoms with van der Waals surface area (Å²) in [5.74, 6) is -1.70. The summed E-state index contributed by atoms with van der Waals surface area (Å²) in [6, 6.07) is 6.12. The number of hydrogen-bond acceptors (Lipinski definition) is 13. The minimum atomic E-state index is -1.22. The largest absolute Gasteiger partial charge is 0.493 e. The second-order valence-electron chi connectivity index (χ2n) is 8.84. The Balaban J connectivity index is 2.72. The van der Waals surface area contributed by atoms with Crippen molar-refractivity contribution in [3.05, 3.63) is 35.4 Å². The second-order valence-corrected chi connectivity index (χ2v) is 8.84. The molecule has 0 heterocycles. The molecule has 0 spiro atoms. The molecule has 13 nitrogen and oxygen atoms in total. The summed E-state index contributed by atoms with van der Waals surface area (Å²) in [6.07, 6.45) is -3.03. The Morgan fingerprint density at radius 2 is 1.07 bits per heavy atom. The van der Waals surface area contributed by atoms with Crippen LogP contribution < -0.4 is 28.4 Å². The topological polar surface area (TPSA) is 151 Å². The first-order valence-electron chi connectivity index (χ1n) is 12.7. The molecule has 3 atom stereocenters. The van der Waals surface area contributed by atoms with Crippen LogP contribution in [0.2, 0.25) is 0 Å². The van der Waals surface area contributed by atoms with Gasteiger partial charge in [0.2, 0.25) is 11.5 Å². The Morgan fingerprint density at radius 1 is 0.619 bits per heavy atom. The highest BCUT2D eigenvalue weighted by atomic mass is 16.6. The Morgan fingerprint density at radius 3 is 1.48 bits per heavy atom. The molecule has 0 radical (unpaired) electrons. The van der Waals surface area contributed by atoms with Crippen LogP contribution in [0.4, 0.5) is 0 Å². The number of carbonyl (C=O) groups excluding carboxylic acids is 4. The van der Waals surface area contributed by atoms with Gasteiger partial charge in [0.1, 0.15) is 12.7 Å². The van der Waals surface area contributed by atoms with Crippen molar-refractivity contribution in [2.24, 2.45) is 0 Å². The average molecular weight is 593 g/mol. The normalized spacial score (nSPS) is 12.6. The zero-order chi connectivity index (χ0) is 31.6. The van der Waals surface area contributed by atoms with Crippen molar-refractivity contribution >= 4 is 23.9 Å². The monoisotopic (exact) mass is 592 g/mol. The summed E-state index contributed by atoms with van der Waals surface area (Å²) in [7, 11) is 5.51. The maximum Gasteiger partial charge on any atom is 0.308 e. The van der Waals surface area contributed by atoms with E-state index in [0.29, 0.717) is 11.1 Å². The fourth-order valence-electron chi connectivity index (χ4n) is 3.95. The molecule has 0 aliphatic carbocycles. The van der Waals surface area contributed by atoms with Crippen LogP contribution in [0.15, 0.2) is 24.3 Å². The van der Waals surface area contributed by atoms with E-state index in [1.807, 2.05) is 0 Å². The van der Waals surface area contributed by atoms with Crippen LogP contribution in [0.25, 0.3) is 0 Å². The van der Waals surface area contributed by atoms with Crippen LogP contribution in [-0.4, -0.2) is 65.0 Å². The number of benzene rings is 2. The van der Waals surface area contributed by atoms with Gasteiger partial charge in [0.05, 0.1) is 28.4 Å². The second kappa shape index (κ2) is 15.4. The van der Waals surface area contributed by atoms with E-state index in [9.17, 15) is 19.2 Å². The van der Waals surface area contributed by atoms with E-state index in [0.717, 1.165) is 0 Å². The van der Waals surface area contributed by atoms with Gasteiger partial charge in [0.25, 0.3) is 0 Å². The van der Waals surface area contributed by atoms with Crippen LogP contribution in [0.1, 0.15) is 58.0 Å². The van der Waals surface area contributed by atoms with Crippen molar-refractivity contribution in [1.29, 1.82) is 0 Å². The Labute approximate surface area is 243 Å². The van der Waals surface area contributed by atoms with Gasteiger partial charge in [0.15, 0.2) is 35.2 Å². The van der Waals surface area contributed by atoms with E-state index in [1.54, 1.807) is 19.1 Å². The van der Waals surface area contributed by atoms with E-state index in [1.165, 1.54) is 68.3 Å². The molecule has 0 saturated carbocycles. The molecule has 0 N–H and O–H groups in total. The molecule has 2 rings (SSSR count). The SMILES string of the molecule is COc1cc([C@@H](OC(C)=O)[C@@H](COC(C)=O)Oc2c(OC)cc(C(C)OC(C)=O)cc2OC)cc(OC)c1OC(C)=O. The van der Waals surface area contributed by atoms with Crippen molar-refractivity contribution in [2.45, 2.75) is 52.9 Å². The van der Waals surface area contributed by atoms with Gasteiger partial charge >= 0.3 is 23.9 Å². The van der Waals surface area contributed by atoms with Crippen molar-refractivity contribution in [3.8, 4) is 34.5 Å². The minimum Gasteiger partial charge on any atom is -0.493 e. The van der Waals surface area contributed by atoms with Crippen molar-refractivity contribution < 1.29 is 61.8 Å². The summed E-state index contributed by atoms with van der Waals surface area (Å²) in [4.78, 5) is 47.3. The summed E-state index contributed by atoms with van der Waals surface area (Å²) in [5, 5.41) is 0. The molecule has 0 fully saturated rings. The third-order valence-electron chi connectivity index (χ3n) is 5.70. The molecule has 0 bridgehead atoms. The third-order valence-corrected chi connectivity index (χ3v) is 5.70. The molecule has 1 unspecified atom stereocenters. The summed E-state index contributed by atoms with van der Waals surface area (Å²) in [5.41, 5.74) is 0.847. The highest BCUT2D eigenvalue weighted by molar-refractivity contribution is 5.73. The Kier molecular flexibility index (Phi) is 12.3. The van der Waals surface area contributed by atoms with Crippen LogP contribution in [0.3, 0.4) is 0 Å². The van der Waals surface area contributed by atoms with Crippen molar-refractivity contribution in [2.75, 3.05) is 35.0 Å². The third kappa shape index (κ3) is 8.91. The lowest BCUT2D eigenvalue weighted by Crippen LogP contribution is -2.34. The van der Waals surface area contributed by atoms with Gasteiger partial charge in [-0.15, -0.1) is 0 Å². The number of carbonyl (C=O) groups is 4. The summed E-state index contributed by atoms with van der Waals surface area (Å²) < 4.78 is 49.7. The zero-order valence-electron chi connectivity index (χ0n) is 25.1. The predicted octanol–water partition coefficient (Wildman–Crippen LogP) is 3.89. The van der Waals surface area contributed by atoms with Gasteiger partial charge in [-0.25, -0.2) is 0 Å². The lowest BCUT2D eigenvalue weighted by Gasteiger charge is -2.29. The molecule has 13 heteroatoms. The molecule has 0 saturated heterocycles. The van der Waals surface area contributed by atoms with Gasteiger partial charge in [0, 0.05) is 33.3 Å². The first-order chi connectivity index (χ1) is 19.8. The van der Waals surface area contributed by atoms with Crippen LogP contribution in [0.5, 0.6) is 34.5 Å². The average Bonchev–Trinajstić information content (AvgIpc) is 2.92. The minimum absolute atomic E-state index is 0.0103. The van der Waals surface area contributed by atoms with Gasteiger partial charge in [-0.05, 0) is 36.8 Å². The lowest BCUT2D eigenvalue weighted by molar-refractivity contribution is -0.157. The van der Waals surface area contributed by atoms with Crippen LogP contribution in [0, 0.1) is 0 Å². The van der Waals surface area contributed by atoms with E-state index in [2.05, 4.69) is 0 Å². The fraction of sp³-hybridized carbons (Fsp3) is 0.448. The van der Waals surface area contributed by atoms with Gasteiger partial charge in [-0.3, -0.25) is 19.2 Å². The van der Waals surface area contributed by atoms with Crippen LogP contribution >= 0.6 is 0 Å². The predicted molar refractivity (Wildman–Crippen MR) is 146 cm³/mol. The molecule has 2 aromatic carbocycles. The summed E-state index contributed by atoms with van der Waals surface area (Å²) >= 11 is 0. The smallest absolute Gasteiger partial charge is 0.308 e. The molecule has 0 aliphatic heterocycles. The number of methoxy groups -OCH3 is 4. The number of esters is 4. The van der Waals surface area contributed by atoms with Gasteiger partial charge in [-0.2, -0.15) is 0 Å². The molecule has 2 aromatic rings. The van der Waals surface area contributed by atoms with Crippen LogP contribution in [-0.2, 0) is 33.4 Å². The van der Waals surface area contributed by atoms with Gasteiger partial charge < -0.3 is 42.6 Å². The molecule has 42 heavy (non-hydrogen) atoms. The molecule has 0 aliphatic rings. The molecule has 230 valence electrons. The molecular formula is C29H36O13. The van der Waals surface area contributed by atoms with Gasteiger partial charge in [-0.1, -0.05) is 0 Å². The first-order valence-corrected chi connectivity index (χ1v) is 12.7. The zero-order valence-corrected chi connectivity index (χ0v) is 25.1. The molecule has 0 aromatic heterocycles. The lowest BCUT2D eigenvalue weighted by atomic mass is 10.0. The number of ether oxygens (including phenoxy) is 9. The standard InChI is InChI=1S/C29H36O13/c1-15(39-17(3)31)20-10-22(34-6)29(23(11-20)35-7)42-26(14-38-16(2)30)27(40-18(4)32)21-12-24(36-8)28(41-19(5)33)25(13-21)37-9/h10-13,15,26-27H,14H2,1-9H3/t15?,26-,27-/m1/s1. The number of rotatable bonds is 14. The maximum absolute atomic E-state index is 12.3. The van der Waals surface area contributed by atoms with Crippen molar-refractivity contribution in [3.63, 3.8) is 0 Å². The first kappa shape index (κ1) is 33.5. The quantitative estimate of drug-likeness (QED) is 0.177. The number of hydrogen-bond donors (Lipinski definition) is 0. The molecule has 0 amide bonds. The fourth-order valence-corrected chi connectivity index (χ4v) is 3.95. The highest BCUT2D eigenvalue weighted by Gasteiger charge is 2.34. The molecular weight excluding hydrogens is 556 g/mol.